The van der Waals surface area contributed by atoms with Crippen molar-refractivity contribution in [3.63, 3.8) is 0 Å². The summed E-state index contributed by atoms with van der Waals surface area (Å²) in [5.41, 5.74) is 1.33. The minimum absolute atomic E-state index is 0.00973. The number of piperidine rings is 1. The average Bonchev–Trinajstić information content (AvgIpc) is 2.73. The van der Waals surface area contributed by atoms with Gasteiger partial charge in [-0.25, -0.2) is 4.79 Å². The molecule has 166 valence electrons. The lowest BCUT2D eigenvalue weighted by Crippen LogP contribution is -2.48. The lowest BCUT2D eigenvalue weighted by molar-refractivity contribution is -0.0288. The van der Waals surface area contributed by atoms with E-state index in [-0.39, 0.29) is 18.0 Å². The summed E-state index contributed by atoms with van der Waals surface area (Å²) in [7, 11) is 0. The summed E-state index contributed by atoms with van der Waals surface area (Å²) in [4.78, 5) is 29.2. The molecule has 7 nitrogen and oxygen atoms in total. The maximum absolute atomic E-state index is 12.6. The van der Waals surface area contributed by atoms with Crippen LogP contribution in [-0.2, 0) is 4.74 Å². The third-order valence-corrected chi connectivity index (χ3v) is 5.80. The van der Waals surface area contributed by atoms with Gasteiger partial charge in [-0.2, -0.15) is 0 Å². The quantitative estimate of drug-likeness (QED) is 0.748. The Hall–Kier alpha value is -2.12. The molecule has 3 amide bonds. The Bertz CT molecular complexity index is 699. The summed E-state index contributed by atoms with van der Waals surface area (Å²) >= 11 is 0. The van der Waals surface area contributed by atoms with Crippen molar-refractivity contribution in [2.45, 2.75) is 39.7 Å². The summed E-state index contributed by atoms with van der Waals surface area (Å²) in [6.45, 7) is 12.3. The number of rotatable bonds is 6. The van der Waals surface area contributed by atoms with Gasteiger partial charge in [-0.3, -0.25) is 9.69 Å². The first-order chi connectivity index (χ1) is 14.4. The second-order valence-electron chi connectivity index (χ2n) is 9.03. The molecule has 30 heavy (non-hydrogen) atoms. The number of ether oxygens (including phenoxy) is 1. The van der Waals surface area contributed by atoms with E-state index in [0.717, 1.165) is 45.6 Å². The van der Waals surface area contributed by atoms with Crippen molar-refractivity contribution in [2.24, 2.45) is 11.8 Å². The number of amides is 3. The highest BCUT2D eigenvalue weighted by Crippen LogP contribution is 2.19. The van der Waals surface area contributed by atoms with Crippen LogP contribution in [0.25, 0.3) is 0 Å². The first kappa shape index (κ1) is 22.6. The zero-order valence-electron chi connectivity index (χ0n) is 18.5. The summed E-state index contributed by atoms with van der Waals surface area (Å²) < 4.78 is 5.77. The van der Waals surface area contributed by atoms with E-state index in [9.17, 15) is 9.59 Å². The van der Waals surface area contributed by atoms with Crippen LogP contribution in [0.3, 0.4) is 0 Å². The van der Waals surface area contributed by atoms with Gasteiger partial charge in [-0.15, -0.1) is 0 Å². The second kappa shape index (κ2) is 10.8. The molecule has 7 heteroatoms. The Morgan fingerprint density at radius 3 is 2.50 bits per heavy atom. The summed E-state index contributed by atoms with van der Waals surface area (Å²) in [6.07, 6.45) is 2.13. The number of anilines is 1. The first-order valence-corrected chi connectivity index (χ1v) is 11.2. The van der Waals surface area contributed by atoms with Crippen molar-refractivity contribution < 1.29 is 14.3 Å². The van der Waals surface area contributed by atoms with Gasteiger partial charge in [0.1, 0.15) is 0 Å². The van der Waals surface area contributed by atoms with E-state index < -0.39 is 0 Å². The first-order valence-electron chi connectivity index (χ1n) is 11.2. The standard InChI is InChI=1S/C23H36N4O3/c1-17(2)15-26-12-13-30-21(16-26)14-24-23(29)25-20-6-4-19(5-7-20)22(28)27-10-8-18(3)9-11-27/h4-7,17-18,21H,8-16H2,1-3H3,(H2,24,25,29). The van der Waals surface area contributed by atoms with Crippen LogP contribution >= 0.6 is 0 Å². The number of benzene rings is 1. The van der Waals surface area contributed by atoms with Gasteiger partial charge < -0.3 is 20.3 Å². The Labute approximate surface area is 180 Å². The zero-order valence-corrected chi connectivity index (χ0v) is 18.5. The lowest BCUT2D eigenvalue weighted by Gasteiger charge is -2.33. The largest absolute Gasteiger partial charge is 0.374 e. The minimum atomic E-state index is -0.260. The van der Waals surface area contributed by atoms with Crippen molar-refractivity contribution in [1.29, 1.82) is 0 Å². The van der Waals surface area contributed by atoms with Gasteiger partial charge in [0.05, 0.1) is 12.7 Å². The molecule has 0 bridgehead atoms. The van der Waals surface area contributed by atoms with E-state index in [0.29, 0.717) is 36.2 Å². The molecular formula is C23H36N4O3. The molecule has 2 fully saturated rings. The van der Waals surface area contributed by atoms with Crippen molar-refractivity contribution >= 4 is 17.6 Å². The molecule has 0 saturated carbocycles. The monoisotopic (exact) mass is 416 g/mol. The minimum Gasteiger partial charge on any atom is -0.374 e. The maximum atomic E-state index is 12.6. The highest BCUT2D eigenvalue weighted by Gasteiger charge is 2.22. The molecule has 0 spiro atoms. The summed E-state index contributed by atoms with van der Waals surface area (Å²) in [5.74, 6) is 1.38. The molecule has 0 aromatic heterocycles. The van der Waals surface area contributed by atoms with Crippen molar-refractivity contribution in [3.8, 4) is 0 Å². The fraction of sp³-hybridized carbons (Fsp3) is 0.652. The van der Waals surface area contributed by atoms with Crippen LogP contribution in [-0.4, -0.2) is 73.7 Å². The highest BCUT2D eigenvalue weighted by molar-refractivity contribution is 5.95. The van der Waals surface area contributed by atoms with Crippen molar-refractivity contribution in [1.82, 2.24) is 15.1 Å². The lowest BCUT2D eigenvalue weighted by atomic mass is 9.98. The van der Waals surface area contributed by atoms with Crippen LogP contribution in [0.2, 0.25) is 0 Å². The van der Waals surface area contributed by atoms with Crippen LogP contribution < -0.4 is 10.6 Å². The third-order valence-electron chi connectivity index (χ3n) is 5.80. The number of morpholine rings is 1. The van der Waals surface area contributed by atoms with Gasteiger partial charge in [-0.05, 0) is 48.9 Å². The Morgan fingerprint density at radius 2 is 1.83 bits per heavy atom. The Morgan fingerprint density at radius 1 is 1.13 bits per heavy atom. The second-order valence-corrected chi connectivity index (χ2v) is 9.03. The predicted octanol–water partition coefficient (Wildman–Crippen LogP) is 3.04. The molecule has 2 N–H and O–H groups in total. The fourth-order valence-corrected chi connectivity index (χ4v) is 4.06. The van der Waals surface area contributed by atoms with E-state index in [1.807, 2.05) is 4.90 Å². The zero-order chi connectivity index (χ0) is 21.5. The average molecular weight is 417 g/mol. The Balaban J connectivity index is 1.42. The van der Waals surface area contributed by atoms with Gasteiger partial charge in [0.2, 0.25) is 0 Å². The van der Waals surface area contributed by atoms with Gasteiger partial charge in [-0.1, -0.05) is 20.8 Å². The molecule has 2 saturated heterocycles. The number of likely N-dealkylation sites (tertiary alicyclic amines) is 1. The predicted molar refractivity (Wildman–Crippen MR) is 119 cm³/mol. The number of hydrogen-bond acceptors (Lipinski definition) is 4. The highest BCUT2D eigenvalue weighted by atomic mass is 16.5. The van der Waals surface area contributed by atoms with Crippen LogP contribution in [0.4, 0.5) is 10.5 Å². The maximum Gasteiger partial charge on any atom is 0.319 e. The third kappa shape index (κ3) is 6.71. The van der Waals surface area contributed by atoms with Crippen molar-refractivity contribution in [2.75, 3.05) is 51.2 Å². The molecule has 1 aromatic rings. The molecular weight excluding hydrogens is 380 g/mol. The van der Waals surface area contributed by atoms with E-state index in [2.05, 4.69) is 36.3 Å². The van der Waals surface area contributed by atoms with Crippen LogP contribution in [0.1, 0.15) is 44.0 Å². The molecule has 0 radical (unpaired) electrons. The molecule has 1 unspecified atom stereocenters. The Kier molecular flexibility index (Phi) is 8.10. The molecule has 3 rings (SSSR count). The van der Waals surface area contributed by atoms with E-state index >= 15 is 0 Å². The normalized spacial score (nSPS) is 20.9. The number of carbonyl (C=O) groups is 2. The van der Waals surface area contributed by atoms with Crippen molar-refractivity contribution in [3.05, 3.63) is 29.8 Å². The van der Waals surface area contributed by atoms with Gasteiger partial charge in [0.15, 0.2) is 0 Å². The van der Waals surface area contributed by atoms with Gasteiger partial charge in [0.25, 0.3) is 5.91 Å². The molecule has 1 aromatic carbocycles. The molecule has 2 heterocycles. The molecule has 1 atom stereocenters. The number of nitrogens with zero attached hydrogens (tertiary/aromatic N) is 2. The molecule has 2 aliphatic rings. The van der Waals surface area contributed by atoms with E-state index in [1.54, 1.807) is 24.3 Å². The van der Waals surface area contributed by atoms with Crippen LogP contribution in [0.5, 0.6) is 0 Å². The van der Waals surface area contributed by atoms with Crippen LogP contribution in [0.15, 0.2) is 24.3 Å². The number of urea groups is 1. The SMILES string of the molecule is CC(C)CN1CCOC(CNC(=O)Nc2ccc(C(=O)N3CCC(C)CC3)cc2)C1. The number of carbonyl (C=O) groups excluding carboxylic acids is 2. The molecule has 0 aliphatic carbocycles. The van der Waals surface area contributed by atoms with Gasteiger partial charge in [0, 0.05) is 50.5 Å². The van der Waals surface area contributed by atoms with Gasteiger partial charge >= 0.3 is 6.03 Å². The topological polar surface area (TPSA) is 73.9 Å². The number of hydrogen-bond donors (Lipinski definition) is 2. The molecule has 2 aliphatic heterocycles. The fourth-order valence-electron chi connectivity index (χ4n) is 4.06. The van der Waals surface area contributed by atoms with E-state index in [1.165, 1.54) is 0 Å². The van der Waals surface area contributed by atoms with Crippen LogP contribution in [0, 0.1) is 11.8 Å². The summed E-state index contributed by atoms with van der Waals surface area (Å²) in [6, 6.07) is 6.86. The number of nitrogens with one attached hydrogen (secondary N) is 2. The summed E-state index contributed by atoms with van der Waals surface area (Å²) in [5, 5.41) is 5.72. The smallest absolute Gasteiger partial charge is 0.319 e. The van der Waals surface area contributed by atoms with E-state index in [4.69, 9.17) is 4.74 Å².